The van der Waals surface area contributed by atoms with Crippen LogP contribution < -0.4 is 0 Å². The van der Waals surface area contributed by atoms with Crippen molar-refractivity contribution in [2.75, 3.05) is 6.61 Å². The fourth-order valence-corrected chi connectivity index (χ4v) is 7.64. The van der Waals surface area contributed by atoms with E-state index in [4.69, 9.17) is 23.7 Å². The summed E-state index contributed by atoms with van der Waals surface area (Å²) in [5, 5.41) is 0. The molecule has 0 spiro atoms. The molecule has 1 aromatic heterocycles. The summed E-state index contributed by atoms with van der Waals surface area (Å²) >= 11 is 1.84. The topological polar surface area (TPSA) is 46.2 Å². The number of thiophene rings is 1. The molecule has 0 bridgehead atoms. The summed E-state index contributed by atoms with van der Waals surface area (Å²) in [5.41, 5.74) is 6.62. The predicted octanol–water partition coefficient (Wildman–Crippen LogP) is 10.1. The van der Waals surface area contributed by atoms with Gasteiger partial charge >= 0.3 is 0 Å². The van der Waals surface area contributed by atoms with E-state index in [1.54, 1.807) is 0 Å². The Bertz CT molecular complexity index is 1910. The lowest BCUT2D eigenvalue weighted by Crippen LogP contribution is -2.58. The van der Waals surface area contributed by atoms with Crippen LogP contribution in [0.3, 0.4) is 0 Å². The zero-order chi connectivity index (χ0) is 35.4. The first-order chi connectivity index (χ1) is 25.7. The molecule has 1 aliphatic heterocycles. The van der Waals surface area contributed by atoms with E-state index in [1.165, 1.54) is 15.3 Å². The average Bonchev–Trinajstić information content (AvgIpc) is 3.61. The van der Waals surface area contributed by atoms with Gasteiger partial charge in [0.25, 0.3) is 0 Å². The summed E-state index contributed by atoms with van der Waals surface area (Å²) in [6.07, 6.45) is -1.44. The van der Waals surface area contributed by atoms with Gasteiger partial charge in [0.05, 0.1) is 33.0 Å². The lowest BCUT2D eigenvalue weighted by molar-refractivity contribution is -0.275. The largest absolute Gasteiger partial charge is 0.374 e. The van der Waals surface area contributed by atoms with Crippen LogP contribution in [0.4, 0.5) is 0 Å². The van der Waals surface area contributed by atoms with Crippen molar-refractivity contribution in [1.29, 1.82) is 0 Å². The average molecular weight is 711 g/mol. The van der Waals surface area contributed by atoms with E-state index in [0.29, 0.717) is 33.0 Å². The molecule has 0 radical (unpaired) electrons. The molecule has 5 aromatic carbocycles. The fourth-order valence-electron chi connectivity index (χ4n) is 6.72. The van der Waals surface area contributed by atoms with Gasteiger partial charge in [-0.2, -0.15) is 0 Å². The summed E-state index contributed by atoms with van der Waals surface area (Å²) in [6.45, 7) is 4.17. The van der Waals surface area contributed by atoms with E-state index < -0.39 is 30.5 Å². The Morgan fingerprint density at radius 3 is 1.54 bits per heavy atom. The number of ether oxygens (including phenoxy) is 5. The Hall–Kier alpha value is -4.40. The molecule has 2 heterocycles. The van der Waals surface area contributed by atoms with Gasteiger partial charge in [-0.25, -0.2) is 0 Å². The molecule has 0 N–H and O–H groups in total. The quantitative estimate of drug-likeness (QED) is 0.100. The molecule has 5 nitrogen and oxygen atoms in total. The van der Waals surface area contributed by atoms with Gasteiger partial charge in [0.15, 0.2) is 0 Å². The number of rotatable bonds is 16. The predicted molar refractivity (Wildman–Crippen MR) is 207 cm³/mol. The second kappa shape index (κ2) is 18.4. The maximum atomic E-state index is 7.15. The Morgan fingerprint density at radius 1 is 0.500 bits per heavy atom. The van der Waals surface area contributed by atoms with Crippen molar-refractivity contribution in [1.82, 2.24) is 0 Å². The van der Waals surface area contributed by atoms with Crippen LogP contribution in [0.1, 0.15) is 49.2 Å². The lowest BCUT2D eigenvalue weighted by Gasteiger charge is -2.46. The molecule has 6 aromatic rings. The molecular weight excluding hydrogens is 665 g/mol. The van der Waals surface area contributed by atoms with Crippen LogP contribution in [0.2, 0.25) is 0 Å². The Labute approximate surface area is 311 Å². The van der Waals surface area contributed by atoms with Crippen LogP contribution in [0.15, 0.2) is 158 Å². The Balaban J connectivity index is 1.24. The third-order valence-electron chi connectivity index (χ3n) is 9.34. The lowest BCUT2D eigenvalue weighted by atomic mass is 9.89. The number of hydrogen-bond acceptors (Lipinski definition) is 6. The summed E-state index contributed by atoms with van der Waals surface area (Å²) in [5.74, 6) is 0. The molecule has 266 valence electrons. The van der Waals surface area contributed by atoms with E-state index in [-0.39, 0.29) is 0 Å². The van der Waals surface area contributed by atoms with Gasteiger partial charge in [0.1, 0.15) is 30.5 Å². The zero-order valence-corrected chi connectivity index (χ0v) is 30.4. The molecule has 0 aliphatic carbocycles. The summed E-state index contributed by atoms with van der Waals surface area (Å²) in [6, 6.07) is 54.2. The highest BCUT2D eigenvalue weighted by Crippen LogP contribution is 2.39. The molecule has 0 amide bonds. The monoisotopic (exact) mass is 710 g/mol. The maximum Gasteiger partial charge on any atom is 0.117 e. The van der Waals surface area contributed by atoms with Crippen LogP contribution in [-0.4, -0.2) is 31.0 Å². The highest BCUT2D eigenvalue weighted by Gasteiger charge is 2.49. The Morgan fingerprint density at radius 2 is 1.00 bits per heavy atom. The minimum absolute atomic E-state index is 0.329. The van der Waals surface area contributed by atoms with Gasteiger partial charge in [0, 0.05) is 16.2 Å². The van der Waals surface area contributed by atoms with Crippen molar-refractivity contribution in [3.05, 3.63) is 201 Å². The van der Waals surface area contributed by atoms with Crippen LogP contribution >= 0.6 is 11.3 Å². The molecule has 0 saturated carbocycles. The van der Waals surface area contributed by atoms with Crippen molar-refractivity contribution < 1.29 is 23.7 Å². The van der Waals surface area contributed by atoms with Crippen molar-refractivity contribution in [3.8, 4) is 0 Å². The van der Waals surface area contributed by atoms with Crippen LogP contribution in [0.5, 0.6) is 0 Å². The van der Waals surface area contributed by atoms with E-state index in [0.717, 1.165) is 34.2 Å². The first kappa shape index (κ1) is 36.0. The molecule has 6 heteroatoms. The first-order valence-corrected chi connectivity index (χ1v) is 18.9. The number of aryl methyl sites for hydroxylation is 1. The Kier molecular flexibility index (Phi) is 12.7. The highest BCUT2D eigenvalue weighted by molar-refractivity contribution is 7.11. The third-order valence-corrected chi connectivity index (χ3v) is 10.3. The van der Waals surface area contributed by atoms with Gasteiger partial charge in [-0.1, -0.05) is 146 Å². The fraction of sp³-hybridized carbons (Fsp3) is 0.261. The highest BCUT2D eigenvalue weighted by atomic mass is 32.1. The minimum atomic E-state index is -0.478. The molecule has 1 saturated heterocycles. The normalized spacial score (nSPS) is 20.1. The van der Waals surface area contributed by atoms with Crippen molar-refractivity contribution >= 4 is 11.3 Å². The number of benzene rings is 5. The van der Waals surface area contributed by atoms with Crippen LogP contribution in [0.25, 0.3) is 0 Å². The standard InChI is InChI=1S/C46H46O5S/c1-34-25-26-41(52-34)28-39-23-14-24-40(27-39)43-45(49-31-37-19-10-4-11-20-37)46(50-32-38-21-12-5-13-22-38)44(48-30-36-17-8-3-9-18-36)42(51-43)33-47-29-35-15-6-2-7-16-35/h2-27,42-46H,28-33H2,1H3/t42-,43+,44-,45+,46+/m1/s1. The molecule has 52 heavy (non-hydrogen) atoms. The molecule has 1 aliphatic rings. The van der Waals surface area contributed by atoms with Gasteiger partial charge in [-0.15, -0.1) is 11.3 Å². The maximum absolute atomic E-state index is 7.15. The summed E-state index contributed by atoms with van der Waals surface area (Å²) < 4.78 is 34.3. The SMILES string of the molecule is Cc1ccc(Cc2cccc([C@@H]3O[C@H](COCc4ccccc4)[C@@H](OCc4ccccc4)[C@H](OCc4ccccc4)[C@H]3OCc3ccccc3)c2)s1. The van der Waals surface area contributed by atoms with Crippen LogP contribution in [-0.2, 0) is 56.5 Å². The third kappa shape index (κ3) is 9.92. The van der Waals surface area contributed by atoms with E-state index in [2.05, 4.69) is 91.9 Å². The number of hydrogen-bond donors (Lipinski definition) is 0. The zero-order valence-electron chi connectivity index (χ0n) is 29.6. The van der Waals surface area contributed by atoms with E-state index in [9.17, 15) is 0 Å². The second-order valence-electron chi connectivity index (χ2n) is 13.3. The van der Waals surface area contributed by atoms with E-state index in [1.807, 2.05) is 84.1 Å². The van der Waals surface area contributed by atoms with Crippen molar-refractivity contribution in [3.63, 3.8) is 0 Å². The molecule has 0 unspecified atom stereocenters. The minimum Gasteiger partial charge on any atom is -0.374 e. The summed E-state index contributed by atoms with van der Waals surface area (Å²) in [4.78, 5) is 2.65. The molecule has 1 fully saturated rings. The molecule has 5 atom stereocenters. The smallest absolute Gasteiger partial charge is 0.117 e. The summed E-state index contributed by atoms with van der Waals surface area (Å²) in [7, 11) is 0. The van der Waals surface area contributed by atoms with Gasteiger partial charge in [0.2, 0.25) is 0 Å². The van der Waals surface area contributed by atoms with Crippen molar-refractivity contribution in [2.24, 2.45) is 0 Å². The van der Waals surface area contributed by atoms with E-state index >= 15 is 0 Å². The van der Waals surface area contributed by atoms with Gasteiger partial charge in [-0.3, -0.25) is 0 Å². The molecular formula is C46H46O5S. The van der Waals surface area contributed by atoms with Crippen molar-refractivity contribution in [2.45, 2.75) is 70.3 Å². The van der Waals surface area contributed by atoms with Gasteiger partial charge < -0.3 is 23.7 Å². The second-order valence-corrected chi connectivity index (χ2v) is 14.7. The first-order valence-electron chi connectivity index (χ1n) is 18.1. The molecule has 7 rings (SSSR count). The van der Waals surface area contributed by atoms with Gasteiger partial charge in [-0.05, 0) is 52.4 Å². The van der Waals surface area contributed by atoms with Crippen LogP contribution in [0, 0.1) is 6.92 Å².